The van der Waals surface area contributed by atoms with Gasteiger partial charge >= 0.3 is 0 Å². The average molecular weight is 250 g/mol. The zero-order valence-electron chi connectivity index (χ0n) is 8.78. The molecule has 17 heavy (non-hydrogen) atoms. The Kier molecular flexibility index (Phi) is 3.11. The van der Waals surface area contributed by atoms with Gasteiger partial charge in [-0.3, -0.25) is 4.79 Å². The van der Waals surface area contributed by atoms with Gasteiger partial charge < -0.3 is 5.73 Å². The Bertz CT molecular complexity index is 584. The van der Waals surface area contributed by atoms with Crippen molar-refractivity contribution in [3.8, 4) is 11.1 Å². The summed E-state index contributed by atoms with van der Waals surface area (Å²) in [7, 11) is 0. The number of carbonyl (C=O) groups is 1. The lowest BCUT2D eigenvalue weighted by Crippen LogP contribution is -1.92. The molecule has 0 aliphatic heterocycles. The van der Waals surface area contributed by atoms with E-state index in [2.05, 4.69) is 0 Å². The van der Waals surface area contributed by atoms with Gasteiger partial charge in [-0.2, -0.15) is 0 Å². The minimum Gasteiger partial charge on any atom is -0.399 e. The highest BCUT2D eigenvalue weighted by Gasteiger charge is 2.10. The van der Waals surface area contributed by atoms with Crippen LogP contribution in [-0.2, 0) is 0 Å². The van der Waals surface area contributed by atoms with Crippen molar-refractivity contribution in [2.45, 2.75) is 0 Å². The Labute approximate surface area is 103 Å². The number of halogens is 2. The van der Waals surface area contributed by atoms with Gasteiger partial charge in [-0.15, -0.1) is 0 Å². The summed E-state index contributed by atoms with van der Waals surface area (Å²) in [5, 5.41) is -0.0310. The molecule has 0 saturated heterocycles. The molecule has 0 heterocycles. The molecule has 0 atom stereocenters. The van der Waals surface area contributed by atoms with Crippen LogP contribution in [0.5, 0.6) is 0 Å². The topological polar surface area (TPSA) is 43.1 Å². The maximum Gasteiger partial charge on any atom is 0.150 e. The number of benzene rings is 2. The minimum atomic E-state index is -0.538. The molecule has 4 heteroatoms. The van der Waals surface area contributed by atoms with E-state index in [9.17, 15) is 9.18 Å². The van der Waals surface area contributed by atoms with Crippen LogP contribution in [-0.4, -0.2) is 6.29 Å². The van der Waals surface area contributed by atoms with Gasteiger partial charge in [0.1, 0.15) is 12.1 Å². The fraction of sp³-hybridized carbons (Fsp3) is 0. The van der Waals surface area contributed by atoms with Crippen molar-refractivity contribution < 1.29 is 9.18 Å². The summed E-state index contributed by atoms with van der Waals surface area (Å²) in [6, 6.07) is 9.44. The molecule has 2 aromatic carbocycles. The fourth-order valence-electron chi connectivity index (χ4n) is 1.60. The van der Waals surface area contributed by atoms with Crippen LogP contribution in [0.15, 0.2) is 36.4 Å². The summed E-state index contributed by atoms with van der Waals surface area (Å²) in [4.78, 5) is 10.7. The lowest BCUT2D eigenvalue weighted by molar-refractivity contribution is 0.112. The SMILES string of the molecule is Nc1cc(Cl)c(F)c(-c2cccc(C=O)c2)c1. The molecule has 0 fully saturated rings. The van der Waals surface area contributed by atoms with Crippen molar-refractivity contribution in [3.63, 3.8) is 0 Å². The summed E-state index contributed by atoms with van der Waals surface area (Å²) >= 11 is 5.72. The van der Waals surface area contributed by atoms with Crippen LogP contribution in [0.4, 0.5) is 10.1 Å². The Hall–Kier alpha value is -1.87. The fourth-order valence-corrected chi connectivity index (χ4v) is 1.83. The third-order valence-electron chi connectivity index (χ3n) is 2.38. The molecule has 2 nitrogen and oxygen atoms in total. The average Bonchev–Trinajstić information content (AvgIpc) is 2.34. The molecule has 0 amide bonds. The van der Waals surface area contributed by atoms with Crippen LogP contribution >= 0.6 is 11.6 Å². The predicted molar refractivity (Wildman–Crippen MR) is 66.6 cm³/mol. The summed E-state index contributed by atoms with van der Waals surface area (Å²) < 4.78 is 13.8. The summed E-state index contributed by atoms with van der Waals surface area (Å²) in [5.74, 6) is -0.538. The van der Waals surface area contributed by atoms with Crippen molar-refractivity contribution in [2.24, 2.45) is 0 Å². The summed E-state index contributed by atoms with van der Waals surface area (Å²) in [6.07, 6.45) is 0.704. The minimum absolute atomic E-state index is 0.0310. The van der Waals surface area contributed by atoms with Gasteiger partial charge in [0.2, 0.25) is 0 Å². The molecule has 0 aliphatic rings. The first kappa shape index (κ1) is 11.6. The Morgan fingerprint density at radius 2 is 2.00 bits per heavy atom. The number of aldehydes is 1. The van der Waals surface area contributed by atoms with Crippen LogP contribution < -0.4 is 5.73 Å². The molecular formula is C13H9ClFNO. The van der Waals surface area contributed by atoms with E-state index < -0.39 is 5.82 Å². The second-order valence-electron chi connectivity index (χ2n) is 3.61. The van der Waals surface area contributed by atoms with Gasteiger partial charge in [-0.05, 0) is 23.8 Å². The molecule has 86 valence electrons. The Morgan fingerprint density at radius 1 is 1.24 bits per heavy atom. The molecule has 0 unspecified atom stereocenters. The second-order valence-corrected chi connectivity index (χ2v) is 4.01. The van der Waals surface area contributed by atoms with E-state index in [1.54, 1.807) is 24.3 Å². The van der Waals surface area contributed by atoms with Crippen molar-refractivity contribution in [1.29, 1.82) is 0 Å². The number of rotatable bonds is 2. The van der Waals surface area contributed by atoms with Gasteiger partial charge in [-0.25, -0.2) is 4.39 Å². The highest BCUT2D eigenvalue weighted by Crippen LogP contribution is 2.30. The monoisotopic (exact) mass is 249 g/mol. The van der Waals surface area contributed by atoms with Gasteiger partial charge in [-0.1, -0.05) is 29.8 Å². The molecule has 0 bridgehead atoms. The maximum absolute atomic E-state index is 13.8. The summed E-state index contributed by atoms with van der Waals surface area (Å²) in [6.45, 7) is 0. The van der Waals surface area contributed by atoms with Gasteiger partial charge in [0, 0.05) is 16.8 Å². The largest absolute Gasteiger partial charge is 0.399 e. The van der Waals surface area contributed by atoms with Crippen LogP contribution in [0.3, 0.4) is 0 Å². The van der Waals surface area contributed by atoms with Crippen LogP contribution in [0.25, 0.3) is 11.1 Å². The van der Waals surface area contributed by atoms with E-state index in [0.29, 0.717) is 28.7 Å². The van der Waals surface area contributed by atoms with Crippen molar-refractivity contribution in [1.82, 2.24) is 0 Å². The number of hydrogen-bond acceptors (Lipinski definition) is 2. The van der Waals surface area contributed by atoms with Gasteiger partial charge in [0.25, 0.3) is 0 Å². The molecule has 2 rings (SSSR count). The third-order valence-corrected chi connectivity index (χ3v) is 2.66. The quantitative estimate of drug-likeness (QED) is 0.653. The van der Waals surface area contributed by atoms with E-state index >= 15 is 0 Å². The predicted octanol–water partition coefficient (Wildman–Crippen LogP) is 3.54. The second kappa shape index (κ2) is 4.55. The van der Waals surface area contributed by atoms with Crippen LogP contribution in [0, 0.1) is 5.82 Å². The first-order valence-electron chi connectivity index (χ1n) is 4.92. The summed E-state index contributed by atoms with van der Waals surface area (Å²) in [5.41, 5.74) is 7.33. The smallest absolute Gasteiger partial charge is 0.150 e. The van der Waals surface area contributed by atoms with Gasteiger partial charge in [0.15, 0.2) is 0 Å². The highest BCUT2D eigenvalue weighted by molar-refractivity contribution is 6.31. The van der Waals surface area contributed by atoms with Crippen molar-refractivity contribution in [3.05, 3.63) is 52.8 Å². The molecule has 0 radical (unpaired) electrons. The van der Waals surface area contributed by atoms with Crippen molar-refractivity contribution >= 4 is 23.6 Å². The third kappa shape index (κ3) is 2.29. The first-order chi connectivity index (χ1) is 8.11. The standard InChI is InChI=1S/C13H9ClFNO/c14-12-6-10(16)5-11(13(12)15)9-3-1-2-8(4-9)7-17/h1-7H,16H2. The van der Waals surface area contributed by atoms with E-state index in [0.717, 1.165) is 0 Å². The lowest BCUT2D eigenvalue weighted by atomic mass is 10.0. The number of nitrogen functional groups attached to an aromatic ring is 1. The van der Waals surface area contributed by atoms with Crippen molar-refractivity contribution in [2.75, 3.05) is 5.73 Å². The molecule has 2 N–H and O–H groups in total. The zero-order valence-corrected chi connectivity index (χ0v) is 9.54. The van der Waals surface area contributed by atoms with Crippen LogP contribution in [0.2, 0.25) is 5.02 Å². The zero-order chi connectivity index (χ0) is 12.4. The van der Waals surface area contributed by atoms with Gasteiger partial charge in [0.05, 0.1) is 5.02 Å². The van der Waals surface area contributed by atoms with E-state index in [-0.39, 0.29) is 5.02 Å². The maximum atomic E-state index is 13.8. The number of nitrogens with two attached hydrogens (primary N) is 1. The number of carbonyl (C=O) groups excluding carboxylic acids is 1. The number of anilines is 1. The van der Waals surface area contributed by atoms with E-state index in [4.69, 9.17) is 17.3 Å². The lowest BCUT2D eigenvalue weighted by Gasteiger charge is -2.07. The molecule has 0 aromatic heterocycles. The van der Waals surface area contributed by atoms with Crippen LogP contribution in [0.1, 0.15) is 10.4 Å². The molecule has 0 aliphatic carbocycles. The number of hydrogen-bond donors (Lipinski definition) is 1. The molecule has 0 spiro atoms. The van der Waals surface area contributed by atoms with E-state index in [1.807, 2.05) is 0 Å². The Balaban J connectivity index is 2.63. The molecular weight excluding hydrogens is 241 g/mol. The molecule has 2 aromatic rings. The first-order valence-corrected chi connectivity index (χ1v) is 5.30. The molecule has 0 saturated carbocycles. The highest BCUT2D eigenvalue weighted by atomic mass is 35.5. The normalized spacial score (nSPS) is 10.2. The Morgan fingerprint density at radius 3 is 2.71 bits per heavy atom. The van der Waals surface area contributed by atoms with E-state index in [1.165, 1.54) is 12.1 Å².